The predicted molar refractivity (Wildman–Crippen MR) is 84.1 cm³/mol. The molecule has 112 valence electrons. The molecule has 1 fully saturated rings. The third kappa shape index (κ3) is 3.39. The first-order valence-electron chi connectivity index (χ1n) is 7.70. The molecular formula is C15H27N5. The summed E-state index contributed by atoms with van der Waals surface area (Å²) in [6.07, 6.45) is 5.89. The van der Waals surface area contributed by atoms with Crippen LogP contribution in [0.25, 0.3) is 0 Å². The van der Waals surface area contributed by atoms with Crippen LogP contribution in [0.1, 0.15) is 43.9 Å². The number of hydrogen-bond acceptors (Lipinski definition) is 5. The molecule has 2 rings (SSSR count). The lowest BCUT2D eigenvalue weighted by atomic mass is 10.1. The van der Waals surface area contributed by atoms with E-state index < -0.39 is 0 Å². The molecule has 0 spiro atoms. The molecule has 3 N–H and O–H groups in total. The van der Waals surface area contributed by atoms with Gasteiger partial charge in [-0.15, -0.1) is 0 Å². The molecule has 1 aromatic rings. The van der Waals surface area contributed by atoms with Gasteiger partial charge in [0.15, 0.2) is 0 Å². The summed E-state index contributed by atoms with van der Waals surface area (Å²) in [5, 5.41) is 3.35. The first-order chi connectivity index (χ1) is 9.65. The number of nitrogens with one attached hydrogen (secondary N) is 1. The number of rotatable bonds is 6. The summed E-state index contributed by atoms with van der Waals surface area (Å²) in [6.45, 7) is 6.33. The van der Waals surface area contributed by atoms with E-state index in [-0.39, 0.29) is 0 Å². The summed E-state index contributed by atoms with van der Waals surface area (Å²) >= 11 is 0. The van der Waals surface area contributed by atoms with Crippen LogP contribution in [0.5, 0.6) is 0 Å². The van der Waals surface area contributed by atoms with E-state index in [1.165, 1.54) is 24.8 Å². The number of nitrogens with zero attached hydrogens (tertiary/aromatic N) is 3. The Kier molecular flexibility index (Phi) is 5.17. The average Bonchev–Trinajstić information content (AvgIpc) is 2.89. The highest BCUT2D eigenvalue weighted by Crippen LogP contribution is 2.26. The molecule has 1 saturated heterocycles. The maximum absolute atomic E-state index is 5.85. The molecule has 0 aliphatic carbocycles. The molecule has 0 bridgehead atoms. The lowest BCUT2D eigenvalue weighted by molar-refractivity contribution is 0.616. The Morgan fingerprint density at radius 1 is 1.35 bits per heavy atom. The van der Waals surface area contributed by atoms with Crippen molar-refractivity contribution in [1.29, 1.82) is 0 Å². The van der Waals surface area contributed by atoms with Gasteiger partial charge in [0.05, 0.1) is 0 Å². The number of unbranched alkanes of at least 4 members (excludes halogenated alkanes) is 2. The Hall–Kier alpha value is -1.36. The van der Waals surface area contributed by atoms with Crippen LogP contribution < -0.4 is 16.0 Å². The molecule has 5 heteroatoms. The van der Waals surface area contributed by atoms with Crippen molar-refractivity contribution < 1.29 is 0 Å². The van der Waals surface area contributed by atoms with E-state index in [0.717, 1.165) is 37.4 Å². The summed E-state index contributed by atoms with van der Waals surface area (Å²) in [4.78, 5) is 11.2. The van der Waals surface area contributed by atoms with Crippen LogP contribution >= 0.6 is 0 Å². The third-order valence-electron chi connectivity index (χ3n) is 4.14. The molecular weight excluding hydrogens is 250 g/mol. The van der Waals surface area contributed by atoms with Crippen LogP contribution in [0, 0.1) is 6.92 Å². The van der Waals surface area contributed by atoms with Crippen LogP contribution in [-0.2, 0) is 6.42 Å². The summed E-state index contributed by atoms with van der Waals surface area (Å²) in [6, 6.07) is 0.551. The molecule has 0 radical (unpaired) electrons. The Morgan fingerprint density at radius 2 is 2.15 bits per heavy atom. The first-order valence-corrected chi connectivity index (χ1v) is 7.70. The normalized spacial score (nSPS) is 18.8. The van der Waals surface area contributed by atoms with Gasteiger partial charge in [-0.05, 0) is 33.2 Å². The second kappa shape index (κ2) is 6.88. The molecule has 0 saturated carbocycles. The Balaban J connectivity index is 2.21. The van der Waals surface area contributed by atoms with Gasteiger partial charge >= 0.3 is 0 Å². The molecule has 1 atom stereocenters. The second-order valence-corrected chi connectivity index (χ2v) is 5.65. The lowest BCUT2D eigenvalue weighted by Gasteiger charge is -2.22. The molecule has 1 aliphatic heterocycles. The number of hydrogen-bond donors (Lipinski definition) is 2. The van der Waals surface area contributed by atoms with Gasteiger partial charge in [-0.2, -0.15) is 4.98 Å². The number of anilines is 2. The topological polar surface area (TPSA) is 67.1 Å². The number of nitrogens with two attached hydrogens (primary N) is 1. The van der Waals surface area contributed by atoms with E-state index in [1.807, 2.05) is 7.05 Å². The zero-order valence-corrected chi connectivity index (χ0v) is 12.9. The van der Waals surface area contributed by atoms with Crippen molar-refractivity contribution in [3.63, 3.8) is 0 Å². The van der Waals surface area contributed by atoms with Gasteiger partial charge in [0, 0.05) is 30.4 Å². The van der Waals surface area contributed by atoms with Crippen LogP contribution in [0.3, 0.4) is 0 Å². The van der Waals surface area contributed by atoms with E-state index in [9.17, 15) is 0 Å². The second-order valence-electron chi connectivity index (χ2n) is 5.65. The monoisotopic (exact) mass is 277 g/mol. The molecule has 0 aromatic carbocycles. The van der Waals surface area contributed by atoms with Crippen molar-refractivity contribution in [3.8, 4) is 0 Å². The highest BCUT2D eigenvalue weighted by Gasteiger charge is 2.25. The van der Waals surface area contributed by atoms with Gasteiger partial charge < -0.3 is 16.0 Å². The molecule has 1 aliphatic rings. The van der Waals surface area contributed by atoms with Crippen LogP contribution in [0.4, 0.5) is 11.8 Å². The van der Waals surface area contributed by atoms with E-state index in [0.29, 0.717) is 12.0 Å². The quantitative estimate of drug-likeness (QED) is 0.777. The standard InChI is InChI=1S/C15H27N5/c1-4-5-6-7-13-11(2)18-15(16)19-14(13)20-9-8-12(10-20)17-3/h12,17H,4-10H2,1-3H3,(H2,16,18,19)/t12-/m1/s1. The first kappa shape index (κ1) is 15.0. The Bertz CT molecular complexity index is 446. The number of aryl methyl sites for hydroxylation is 1. The minimum Gasteiger partial charge on any atom is -0.368 e. The van der Waals surface area contributed by atoms with E-state index in [1.54, 1.807) is 0 Å². The number of nitrogen functional groups attached to an aromatic ring is 1. The molecule has 2 heterocycles. The maximum atomic E-state index is 5.85. The Labute approximate surface area is 122 Å². The van der Waals surface area contributed by atoms with Gasteiger partial charge in [-0.3, -0.25) is 0 Å². The fourth-order valence-corrected chi connectivity index (χ4v) is 2.90. The molecule has 1 aromatic heterocycles. The van der Waals surface area contributed by atoms with Crippen molar-refractivity contribution in [1.82, 2.24) is 15.3 Å². The fourth-order valence-electron chi connectivity index (χ4n) is 2.90. The largest absolute Gasteiger partial charge is 0.368 e. The molecule has 0 amide bonds. The van der Waals surface area contributed by atoms with Crippen molar-refractivity contribution in [2.75, 3.05) is 30.8 Å². The summed E-state index contributed by atoms with van der Waals surface area (Å²) in [7, 11) is 2.02. The van der Waals surface area contributed by atoms with Gasteiger partial charge in [0.1, 0.15) is 5.82 Å². The van der Waals surface area contributed by atoms with Crippen LogP contribution in [0.2, 0.25) is 0 Å². The maximum Gasteiger partial charge on any atom is 0.222 e. The van der Waals surface area contributed by atoms with Gasteiger partial charge in [0.25, 0.3) is 0 Å². The van der Waals surface area contributed by atoms with Crippen LogP contribution in [-0.4, -0.2) is 36.1 Å². The molecule has 0 unspecified atom stereocenters. The van der Waals surface area contributed by atoms with Gasteiger partial charge in [-0.1, -0.05) is 19.8 Å². The van der Waals surface area contributed by atoms with E-state index >= 15 is 0 Å². The zero-order valence-electron chi connectivity index (χ0n) is 12.9. The number of aromatic nitrogens is 2. The minimum atomic E-state index is 0.393. The summed E-state index contributed by atoms with van der Waals surface area (Å²) in [5.74, 6) is 1.45. The lowest BCUT2D eigenvalue weighted by Crippen LogP contribution is -2.30. The summed E-state index contributed by atoms with van der Waals surface area (Å²) in [5.41, 5.74) is 8.17. The smallest absolute Gasteiger partial charge is 0.222 e. The van der Waals surface area contributed by atoms with Crippen molar-refractivity contribution >= 4 is 11.8 Å². The molecule has 5 nitrogen and oxygen atoms in total. The fraction of sp³-hybridized carbons (Fsp3) is 0.733. The average molecular weight is 277 g/mol. The van der Waals surface area contributed by atoms with Crippen molar-refractivity contribution in [2.24, 2.45) is 0 Å². The third-order valence-corrected chi connectivity index (χ3v) is 4.14. The van der Waals surface area contributed by atoms with Gasteiger partial charge in [-0.25, -0.2) is 4.98 Å². The van der Waals surface area contributed by atoms with Crippen molar-refractivity contribution in [3.05, 3.63) is 11.3 Å². The van der Waals surface area contributed by atoms with E-state index in [2.05, 4.69) is 34.0 Å². The minimum absolute atomic E-state index is 0.393. The van der Waals surface area contributed by atoms with Gasteiger partial charge in [0.2, 0.25) is 5.95 Å². The Morgan fingerprint density at radius 3 is 2.80 bits per heavy atom. The van der Waals surface area contributed by atoms with Crippen LogP contribution in [0.15, 0.2) is 0 Å². The van der Waals surface area contributed by atoms with Crippen molar-refractivity contribution in [2.45, 2.75) is 52.0 Å². The molecule has 20 heavy (non-hydrogen) atoms. The SMILES string of the molecule is CCCCCc1c(C)nc(N)nc1N1CC[C@@H](NC)C1. The zero-order chi connectivity index (χ0) is 14.5. The number of likely N-dealkylation sites (N-methyl/N-ethyl adjacent to an activating group) is 1. The van der Waals surface area contributed by atoms with E-state index in [4.69, 9.17) is 5.73 Å². The predicted octanol–water partition coefficient (Wildman–Crippen LogP) is 1.90. The highest BCUT2D eigenvalue weighted by atomic mass is 15.2. The summed E-state index contributed by atoms with van der Waals surface area (Å²) < 4.78 is 0. The highest BCUT2D eigenvalue weighted by molar-refractivity contribution is 5.52.